The molecular weight excluding hydrogens is 334 g/mol. The van der Waals surface area contributed by atoms with E-state index >= 15 is 0 Å². The molecule has 24 heavy (non-hydrogen) atoms. The fourth-order valence-corrected chi connectivity index (χ4v) is 2.64. The molecular formula is C15H17N3O5S. The van der Waals surface area contributed by atoms with E-state index in [0.717, 1.165) is 22.4 Å². The number of thiophene rings is 1. The molecule has 2 aromatic rings. The van der Waals surface area contributed by atoms with Gasteiger partial charge in [0, 0.05) is 6.04 Å². The Morgan fingerprint density at radius 1 is 1.54 bits per heavy atom. The second-order valence-electron chi connectivity index (χ2n) is 5.54. The number of carbonyl (C=O) groups is 2. The van der Waals surface area contributed by atoms with E-state index in [2.05, 4.69) is 10.4 Å². The van der Waals surface area contributed by atoms with Crippen molar-refractivity contribution < 1.29 is 18.7 Å². The Morgan fingerprint density at radius 3 is 3.00 bits per heavy atom. The zero-order valence-electron chi connectivity index (χ0n) is 13.1. The summed E-state index contributed by atoms with van der Waals surface area (Å²) in [6.45, 7) is 1.55. The van der Waals surface area contributed by atoms with Crippen LogP contribution < -0.4 is 11.1 Å². The van der Waals surface area contributed by atoms with Gasteiger partial charge in [-0.15, -0.1) is 16.4 Å². The Kier molecular flexibility index (Phi) is 4.79. The molecule has 1 atom stereocenters. The quantitative estimate of drug-likeness (QED) is 0.751. The Labute approximate surface area is 141 Å². The first kappa shape index (κ1) is 16.4. The lowest BCUT2D eigenvalue weighted by molar-refractivity contribution is -0.155. The van der Waals surface area contributed by atoms with Crippen molar-refractivity contribution in [3.8, 4) is 10.8 Å². The molecule has 1 fully saturated rings. The summed E-state index contributed by atoms with van der Waals surface area (Å²) in [4.78, 5) is 36.0. The molecule has 9 heteroatoms. The highest BCUT2D eigenvalue weighted by Crippen LogP contribution is 2.21. The van der Waals surface area contributed by atoms with Crippen molar-refractivity contribution in [2.24, 2.45) is 0 Å². The van der Waals surface area contributed by atoms with Gasteiger partial charge in [-0.3, -0.25) is 9.59 Å². The number of rotatable bonds is 7. The second kappa shape index (κ2) is 7.00. The summed E-state index contributed by atoms with van der Waals surface area (Å²) < 4.78 is 11.2. The van der Waals surface area contributed by atoms with E-state index < -0.39 is 17.8 Å². The van der Waals surface area contributed by atoms with Crippen LogP contribution in [0.3, 0.4) is 0 Å². The van der Waals surface area contributed by atoms with Crippen LogP contribution in [0.5, 0.6) is 0 Å². The van der Waals surface area contributed by atoms with Gasteiger partial charge in [-0.2, -0.15) is 4.68 Å². The first-order valence-corrected chi connectivity index (χ1v) is 8.52. The summed E-state index contributed by atoms with van der Waals surface area (Å²) in [5.41, 5.74) is 0. The van der Waals surface area contributed by atoms with Crippen molar-refractivity contribution in [1.29, 1.82) is 0 Å². The normalized spacial score (nSPS) is 15.0. The van der Waals surface area contributed by atoms with E-state index in [0.29, 0.717) is 0 Å². The minimum absolute atomic E-state index is 0.0313. The van der Waals surface area contributed by atoms with Crippen molar-refractivity contribution in [2.45, 2.75) is 44.9 Å². The smallest absolute Gasteiger partial charge is 0.437 e. The van der Waals surface area contributed by atoms with Crippen molar-refractivity contribution >= 4 is 23.2 Å². The van der Waals surface area contributed by atoms with E-state index in [1.807, 2.05) is 11.4 Å². The number of hydrogen-bond donors (Lipinski definition) is 1. The molecule has 0 unspecified atom stereocenters. The van der Waals surface area contributed by atoms with E-state index in [4.69, 9.17) is 9.15 Å². The Hall–Kier alpha value is -2.42. The van der Waals surface area contributed by atoms with E-state index in [9.17, 15) is 14.4 Å². The van der Waals surface area contributed by atoms with E-state index in [1.165, 1.54) is 18.3 Å². The number of ether oxygens (including phenoxy) is 1. The molecule has 1 aliphatic carbocycles. The van der Waals surface area contributed by atoms with Crippen LogP contribution in [0.4, 0.5) is 0 Å². The molecule has 0 saturated heterocycles. The van der Waals surface area contributed by atoms with Crippen molar-refractivity contribution in [2.75, 3.05) is 0 Å². The van der Waals surface area contributed by atoms with Gasteiger partial charge in [-0.25, -0.2) is 4.79 Å². The van der Waals surface area contributed by atoms with E-state index in [1.54, 1.807) is 6.07 Å². The second-order valence-corrected chi connectivity index (χ2v) is 6.49. The highest BCUT2D eigenvalue weighted by Gasteiger charge is 2.27. The van der Waals surface area contributed by atoms with Gasteiger partial charge in [0.2, 0.25) is 0 Å². The predicted octanol–water partition coefficient (Wildman–Crippen LogP) is 1.17. The average molecular weight is 351 g/mol. The van der Waals surface area contributed by atoms with Crippen LogP contribution in [0.2, 0.25) is 0 Å². The Morgan fingerprint density at radius 2 is 2.33 bits per heavy atom. The summed E-state index contributed by atoms with van der Waals surface area (Å²) >= 11 is 1.40. The molecule has 1 aliphatic rings. The van der Waals surface area contributed by atoms with Crippen LogP contribution in [0.15, 0.2) is 26.7 Å². The van der Waals surface area contributed by atoms with Crippen molar-refractivity contribution in [3.63, 3.8) is 0 Å². The minimum atomic E-state index is -0.853. The topological polar surface area (TPSA) is 103 Å². The number of hydrogen-bond acceptors (Lipinski definition) is 7. The van der Waals surface area contributed by atoms with Crippen LogP contribution in [0.25, 0.3) is 10.8 Å². The molecule has 0 spiro atoms. The van der Waals surface area contributed by atoms with Crippen molar-refractivity contribution in [1.82, 2.24) is 15.1 Å². The van der Waals surface area contributed by atoms with Gasteiger partial charge >= 0.3 is 11.7 Å². The average Bonchev–Trinajstić information content (AvgIpc) is 3.05. The maximum atomic E-state index is 11.8. The van der Waals surface area contributed by atoms with Gasteiger partial charge in [0.1, 0.15) is 0 Å². The molecule has 1 N–H and O–H groups in total. The minimum Gasteiger partial charge on any atom is -0.452 e. The predicted molar refractivity (Wildman–Crippen MR) is 85.4 cm³/mol. The molecule has 3 rings (SSSR count). The molecule has 128 valence electrons. The van der Waals surface area contributed by atoms with Crippen LogP contribution >= 0.6 is 11.3 Å². The summed E-state index contributed by atoms with van der Waals surface area (Å²) in [7, 11) is 0. The SMILES string of the molecule is C[C@H](OC(=O)CCn1nc(-c2cccs2)oc1=O)C(=O)NC1CC1. The number of carbonyl (C=O) groups excluding carboxylic acids is 2. The van der Waals surface area contributed by atoms with Crippen LogP contribution in [0, 0.1) is 0 Å². The monoisotopic (exact) mass is 351 g/mol. The molecule has 0 radical (unpaired) electrons. The maximum absolute atomic E-state index is 11.8. The number of nitrogens with zero attached hydrogens (tertiary/aromatic N) is 2. The Balaban J connectivity index is 1.50. The molecule has 1 saturated carbocycles. The fraction of sp³-hybridized carbons (Fsp3) is 0.467. The summed E-state index contributed by atoms with van der Waals surface area (Å²) in [6.07, 6.45) is 1.01. The summed E-state index contributed by atoms with van der Waals surface area (Å²) in [5.74, 6) is -1.28. The molecule has 0 aliphatic heterocycles. The first-order valence-electron chi connectivity index (χ1n) is 7.64. The molecule has 0 aromatic carbocycles. The Bertz CT molecular complexity index is 775. The summed E-state index contributed by atoms with van der Waals surface area (Å²) in [5, 5.41) is 8.66. The molecule has 2 aromatic heterocycles. The molecule has 8 nitrogen and oxygen atoms in total. The van der Waals surface area contributed by atoms with E-state index in [-0.39, 0.29) is 30.8 Å². The third-order valence-corrected chi connectivity index (χ3v) is 4.32. The number of aromatic nitrogens is 2. The van der Waals surface area contributed by atoms with Crippen molar-refractivity contribution in [3.05, 3.63) is 28.1 Å². The molecule has 1 amide bonds. The zero-order chi connectivity index (χ0) is 17.1. The lowest BCUT2D eigenvalue weighted by Gasteiger charge is -2.12. The van der Waals surface area contributed by atoms with Gasteiger partial charge in [-0.1, -0.05) is 6.07 Å². The first-order chi connectivity index (χ1) is 11.5. The third kappa shape index (κ3) is 4.10. The maximum Gasteiger partial charge on any atom is 0.437 e. The third-order valence-electron chi connectivity index (χ3n) is 3.47. The van der Waals surface area contributed by atoms with Crippen LogP contribution in [0.1, 0.15) is 26.2 Å². The number of aryl methyl sites for hydroxylation is 1. The van der Waals surface area contributed by atoms with Gasteiger partial charge in [0.05, 0.1) is 17.8 Å². The molecule has 0 bridgehead atoms. The highest BCUT2D eigenvalue weighted by atomic mass is 32.1. The highest BCUT2D eigenvalue weighted by molar-refractivity contribution is 7.13. The van der Waals surface area contributed by atoms with Gasteiger partial charge in [0.25, 0.3) is 11.8 Å². The lowest BCUT2D eigenvalue weighted by atomic mass is 10.3. The largest absolute Gasteiger partial charge is 0.452 e. The van der Waals surface area contributed by atoms with Gasteiger partial charge < -0.3 is 14.5 Å². The number of nitrogens with one attached hydrogen (secondary N) is 1. The van der Waals surface area contributed by atoms with Gasteiger partial charge in [0.15, 0.2) is 6.10 Å². The van der Waals surface area contributed by atoms with Crippen LogP contribution in [-0.2, 0) is 20.9 Å². The van der Waals surface area contributed by atoms with Crippen LogP contribution in [-0.4, -0.2) is 33.8 Å². The van der Waals surface area contributed by atoms with Gasteiger partial charge in [-0.05, 0) is 31.2 Å². The fourth-order valence-electron chi connectivity index (χ4n) is 2.00. The standard InChI is InChI=1S/C15H17N3O5S/c1-9(13(20)16-10-4-5-10)22-12(19)6-7-18-15(21)23-14(17-18)11-3-2-8-24-11/h2-3,8-10H,4-7H2,1H3,(H,16,20)/t9-/m0/s1. The number of esters is 1. The molecule has 2 heterocycles. The zero-order valence-corrected chi connectivity index (χ0v) is 13.9. The lowest BCUT2D eigenvalue weighted by Crippen LogP contribution is -2.37. The number of amides is 1. The summed E-state index contributed by atoms with van der Waals surface area (Å²) in [6, 6.07) is 3.82.